The van der Waals surface area contributed by atoms with E-state index in [1.165, 1.54) is 38.0 Å². The maximum Gasteiger partial charge on any atom is 0.0126 e. The van der Waals surface area contributed by atoms with Crippen molar-refractivity contribution in [2.45, 2.75) is 102 Å². The van der Waals surface area contributed by atoms with Crippen LogP contribution >= 0.6 is 23.3 Å². The lowest BCUT2D eigenvalue weighted by molar-refractivity contribution is 0.602. The molecule has 0 aromatic rings. The van der Waals surface area contributed by atoms with Gasteiger partial charge in [0.05, 0.1) is 0 Å². The highest BCUT2D eigenvalue weighted by Crippen LogP contribution is 2.65. The minimum absolute atomic E-state index is 0.293. The molecule has 0 aromatic heterocycles. The summed E-state index contributed by atoms with van der Waals surface area (Å²) in [7, 11) is 3.20. The molecule has 0 amide bonds. The van der Waals surface area contributed by atoms with Crippen molar-refractivity contribution in [2.75, 3.05) is 12.3 Å². The van der Waals surface area contributed by atoms with Crippen LogP contribution in [0.2, 0.25) is 0 Å². The van der Waals surface area contributed by atoms with E-state index in [0.717, 1.165) is 0 Å². The molecule has 0 saturated heterocycles. The summed E-state index contributed by atoms with van der Waals surface area (Å²) in [4.78, 5) is 0. The molecule has 0 spiro atoms. The maximum absolute atomic E-state index is 2.49. The molecule has 1 rings (SSSR count). The first-order chi connectivity index (χ1) is 11.7. The zero-order valence-corrected chi connectivity index (χ0v) is 22.3. The third-order valence-electron chi connectivity index (χ3n) is 5.03. The van der Waals surface area contributed by atoms with Gasteiger partial charge in [-0.25, -0.2) is 0 Å². The van der Waals surface area contributed by atoms with E-state index in [-0.39, 0.29) is 0 Å². The van der Waals surface area contributed by atoms with Crippen LogP contribution in [0.25, 0.3) is 0 Å². The van der Waals surface area contributed by atoms with Gasteiger partial charge in [-0.15, -0.1) is 0 Å². The molecule has 0 nitrogen and oxygen atoms in total. The molecule has 0 unspecified atom stereocenters. The second-order valence-electron chi connectivity index (χ2n) is 11.1. The van der Waals surface area contributed by atoms with Crippen LogP contribution < -0.4 is 0 Å². The van der Waals surface area contributed by atoms with Crippen LogP contribution in [0.1, 0.15) is 102 Å². The second kappa shape index (κ2) is 8.98. The third kappa shape index (κ3) is 5.82. The van der Waals surface area contributed by atoms with E-state index in [1.807, 2.05) is 10.1 Å². The van der Waals surface area contributed by atoms with Crippen LogP contribution in [0.3, 0.4) is 0 Å². The summed E-state index contributed by atoms with van der Waals surface area (Å²) in [6, 6.07) is 0. The molecule has 0 atom stereocenters. The molecule has 0 fully saturated rings. The Kier molecular flexibility index (Phi) is 8.52. The molecule has 1 aliphatic rings. The summed E-state index contributed by atoms with van der Waals surface area (Å²) in [6.07, 6.45) is 8.36. The van der Waals surface area contributed by atoms with Gasteiger partial charge in [0, 0.05) is 5.03 Å². The molecule has 1 heterocycles. The fourth-order valence-electron chi connectivity index (χ4n) is 3.86. The van der Waals surface area contributed by atoms with Crippen molar-refractivity contribution in [2.24, 2.45) is 16.2 Å². The van der Waals surface area contributed by atoms with Crippen LogP contribution in [0.4, 0.5) is 0 Å². The fraction of sp³-hybridized carbons (Fsp3) is 0.870. The Labute approximate surface area is 168 Å². The van der Waals surface area contributed by atoms with Gasteiger partial charge >= 0.3 is 0 Å². The van der Waals surface area contributed by atoms with E-state index in [0.29, 0.717) is 16.2 Å². The standard InChI is InChI=1S/C23H45P3/c1-12-14-16-26(17-15-13-2)19(22(6,7)8)24-18(21(3,4)5)25-20(26)23(9,10)11/h12-17H2,1-11H3. The average molecular weight is 415 g/mol. The quantitative estimate of drug-likeness (QED) is 0.380. The Morgan fingerprint density at radius 1 is 0.654 bits per heavy atom. The van der Waals surface area contributed by atoms with Crippen LogP contribution in [0, 0.1) is 16.2 Å². The van der Waals surface area contributed by atoms with Crippen molar-refractivity contribution in [3.05, 3.63) is 0 Å². The highest BCUT2D eigenvalue weighted by molar-refractivity contribution is 8.11. The Bertz CT molecular complexity index is 584. The van der Waals surface area contributed by atoms with Crippen molar-refractivity contribution >= 4 is 38.4 Å². The molecule has 0 N–H and O–H groups in total. The largest absolute Gasteiger partial charge is 0.0677 e. The van der Waals surface area contributed by atoms with E-state index in [4.69, 9.17) is 0 Å². The molecule has 0 aromatic carbocycles. The highest BCUT2D eigenvalue weighted by atomic mass is 31.2. The lowest BCUT2D eigenvalue weighted by Crippen LogP contribution is -2.32. The van der Waals surface area contributed by atoms with E-state index in [9.17, 15) is 0 Å². The van der Waals surface area contributed by atoms with Gasteiger partial charge in [-0.2, -0.15) is 0 Å². The third-order valence-corrected chi connectivity index (χ3v) is 17.2. The van der Waals surface area contributed by atoms with Crippen LogP contribution in [0.5, 0.6) is 0 Å². The first-order valence-electron chi connectivity index (χ1n) is 10.6. The summed E-state index contributed by atoms with van der Waals surface area (Å²) < 4.78 is 0. The molecule has 0 bridgehead atoms. The topological polar surface area (TPSA) is 0 Å². The normalized spacial score (nSPS) is 19.9. The maximum atomic E-state index is 2.49. The first-order valence-corrected chi connectivity index (χ1v) is 14.6. The second-order valence-corrected chi connectivity index (χ2v) is 18.1. The molecule has 0 radical (unpaired) electrons. The lowest BCUT2D eigenvalue weighted by Gasteiger charge is -2.45. The summed E-state index contributed by atoms with van der Waals surface area (Å²) in [6.45, 7) is 25.8. The average Bonchev–Trinajstić information content (AvgIpc) is 2.47. The summed E-state index contributed by atoms with van der Waals surface area (Å²) in [5.74, 6) is 0. The molecule has 3 heteroatoms. The van der Waals surface area contributed by atoms with Crippen molar-refractivity contribution in [3.8, 4) is 0 Å². The minimum atomic E-state index is -1.21. The van der Waals surface area contributed by atoms with Gasteiger partial charge in [-0.05, 0) is 51.5 Å². The van der Waals surface area contributed by atoms with Crippen molar-refractivity contribution in [3.63, 3.8) is 0 Å². The van der Waals surface area contributed by atoms with Gasteiger partial charge < -0.3 is 0 Å². The smallest absolute Gasteiger partial charge is 0.0126 e. The van der Waals surface area contributed by atoms with Crippen molar-refractivity contribution in [1.82, 2.24) is 0 Å². The Hall–Kier alpha value is 0.640. The van der Waals surface area contributed by atoms with E-state index in [2.05, 4.69) is 76.2 Å². The molecule has 0 aliphatic carbocycles. The molecule has 152 valence electrons. The zero-order chi connectivity index (χ0) is 20.4. The molecule has 0 saturated carbocycles. The van der Waals surface area contributed by atoms with E-state index in [1.54, 1.807) is 21.4 Å². The van der Waals surface area contributed by atoms with Gasteiger partial charge in [0.15, 0.2) is 0 Å². The van der Waals surface area contributed by atoms with Gasteiger partial charge in [-0.1, -0.05) is 112 Å². The van der Waals surface area contributed by atoms with Gasteiger partial charge in [0.2, 0.25) is 0 Å². The summed E-state index contributed by atoms with van der Waals surface area (Å²) in [5.41, 5.74) is 0.904. The van der Waals surface area contributed by atoms with Gasteiger partial charge in [0.25, 0.3) is 0 Å². The van der Waals surface area contributed by atoms with E-state index < -0.39 is 6.89 Å². The molecule has 26 heavy (non-hydrogen) atoms. The highest BCUT2D eigenvalue weighted by Gasteiger charge is 2.40. The van der Waals surface area contributed by atoms with Crippen molar-refractivity contribution in [1.29, 1.82) is 0 Å². The zero-order valence-electron chi connectivity index (χ0n) is 19.6. The predicted molar refractivity (Wildman–Crippen MR) is 134 cm³/mol. The molecule has 1 aliphatic heterocycles. The number of unbranched alkanes of at least 4 members (excludes halogenated alkanes) is 2. The predicted octanol–water partition coefficient (Wildman–Crippen LogP) is 9.04. The van der Waals surface area contributed by atoms with Crippen LogP contribution in [-0.4, -0.2) is 27.4 Å². The van der Waals surface area contributed by atoms with Gasteiger partial charge in [0.1, 0.15) is 0 Å². The monoisotopic (exact) mass is 414 g/mol. The van der Waals surface area contributed by atoms with E-state index >= 15 is 0 Å². The Morgan fingerprint density at radius 3 is 1.42 bits per heavy atom. The first kappa shape index (κ1) is 24.7. The lowest BCUT2D eigenvalue weighted by atomic mass is 9.99. The number of hydrogen-bond donors (Lipinski definition) is 0. The van der Waals surface area contributed by atoms with Crippen LogP contribution in [-0.2, 0) is 0 Å². The Morgan fingerprint density at radius 2 is 1.12 bits per heavy atom. The summed E-state index contributed by atoms with van der Waals surface area (Å²) in [5, 5.41) is 5.57. The van der Waals surface area contributed by atoms with Crippen molar-refractivity contribution < 1.29 is 0 Å². The number of rotatable bonds is 6. The minimum Gasteiger partial charge on any atom is -0.0677 e. The number of hydrogen-bond acceptors (Lipinski definition) is 0. The molecular weight excluding hydrogens is 369 g/mol. The summed E-state index contributed by atoms with van der Waals surface area (Å²) >= 11 is 0. The van der Waals surface area contributed by atoms with Gasteiger partial charge in [-0.3, -0.25) is 0 Å². The molecular formula is C23H45P3. The SMILES string of the molecule is CCCCP1(CCCC)=C(C(C)(C)C)P=C(C(C)(C)C)P=C1C(C)(C)C. The fourth-order valence-corrected chi connectivity index (χ4v) is 16.6. The Balaban J connectivity index is 3.93. The van der Waals surface area contributed by atoms with Crippen LogP contribution in [0.15, 0.2) is 0 Å².